The Balaban J connectivity index is 1.18. The van der Waals surface area contributed by atoms with Crippen LogP contribution in [0.25, 0.3) is 11.0 Å². The van der Waals surface area contributed by atoms with E-state index in [0.29, 0.717) is 30.0 Å². The Morgan fingerprint density at radius 1 is 1.09 bits per heavy atom. The Hall–Kier alpha value is -2.19. The summed E-state index contributed by atoms with van der Waals surface area (Å²) in [6, 6.07) is 3.60. The number of hydrogen-bond acceptors (Lipinski definition) is 6. The van der Waals surface area contributed by atoms with Crippen LogP contribution < -0.4 is 10.6 Å². The number of nitrogens with one attached hydrogen (secondary N) is 2. The molecule has 2 N–H and O–H groups in total. The van der Waals surface area contributed by atoms with Crippen molar-refractivity contribution >= 4 is 22.9 Å². The highest BCUT2D eigenvalue weighted by molar-refractivity contribution is 5.98. The molecule has 5 fully saturated rings. The highest BCUT2D eigenvalue weighted by Crippen LogP contribution is 2.67. The number of carbonyl (C=O) groups excluding carboxylic acids is 1. The molecule has 4 aliphatic carbocycles. The van der Waals surface area contributed by atoms with Crippen LogP contribution in [0.5, 0.6) is 0 Å². The van der Waals surface area contributed by atoms with E-state index in [9.17, 15) is 4.79 Å². The first-order valence-electron chi connectivity index (χ1n) is 13.2. The third kappa shape index (κ3) is 3.61. The second-order valence-corrected chi connectivity index (χ2v) is 11.3. The van der Waals surface area contributed by atoms with Crippen LogP contribution >= 0.6 is 0 Å². The average Bonchev–Trinajstić information content (AvgIpc) is 3.18. The molecular formula is C26H38N6O2. The molecule has 2 aromatic heterocycles. The van der Waals surface area contributed by atoms with E-state index < -0.39 is 0 Å². The third-order valence-electron chi connectivity index (χ3n) is 9.15. The van der Waals surface area contributed by atoms with Gasteiger partial charge in [-0.2, -0.15) is 4.98 Å². The molecule has 1 saturated heterocycles. The Morgan fingerprint density at radius 2 is 1.76 bits per heavy atom. The molecule has 1 atom stereocenters. The van der Waals surface area contributed by atoms with Crippen molar-refractivity contribution in [3.63, 3.8) is 0 Å². The number of fused-ring (bicyclic) bond motifs is 1. The van der Waals surface area contributed by atoms with Crippen molar-refractivity contribution in [2.24, 2.45) is 11.8 Å². The maximum atomic E-state index is 13.0. The van der Waals surface area contributed by atoms with Crippen molar-refractivity contribution in [2.45, 2.75) is 82.0 Å². The Labute approximate surface area is 201 Å². The van der Waals surface area contributed by atoms with E-state index in [4.69, 9.17) is 9.72 Å². The lowest BCUT2D eigenvalue weighted by atomic mass is 9.42. The van der Waals surface area contributed by atoms with E-state index in [-0.39, 0.29) is 11.4 Å². The number of nitrogens with zero attached hydrogens (tertiary/aromatic N) is 4. The molecular weight excluding hydrogens is 428 g/mol. The maximum Gasteiger partial charge on any atom is 0.270 e. The molecule has 34 heavy (non-hydrogen) atoms. The van der Waals surface area contributed by atoms with Crippen molar-refractivity contribution in [1.29, 1.82) is 0 Å². The molecule has 184 valence electrons. The summed E-state index contributed by atoms with van der Waals surface area (Å²) in [6.07, 6.45) is 11.1. The topological polar surface area (TPSA) is 84.3 Å². The Kier molecular flexibility index (Phi) is 5.56. The van der Waals surface area contributed by atoms with Gasteiger partial charge < -0.3 is 24.8 Å². The predicted octanol–water partition coefficient (Wildman–Crippen LogP) is 3.38. The zero-order chi connectivity index (χ0) is 23.4. The smallest absolute Gasteiger partial charge is 0.270 e. The van der Waals surface area contributed by atoms with Crippen molar-refractivity contribution in [3.05, 3.63) is 18.0 Å². The SMILES string of the molecule is C[C@@H]1C2CC1(n1c(C(=O)N(C)C)cc3cnc(NC4CCC(NC5CCOCC5)CC4)nc31)C2. The number of hydrogen-bond donors (Lipinski definition) is 2. The lowest BCUT2D eigenvalue weighted by molar-refractivity contribution is -0.160. The summed E-state index contributed by atoms with van der Waals surface area (Å²) >= 11 is 0. The minimum absolute atomic E-state index is 0.0415. The minimum Gasteiger partial charge on any atom is -0.381 e. The van der Waals surface area contributed by atoms with E-state index in [1.807, 2.05) is 26.4 Å². The first kappa shape index (κ1) is 22.3. The van der Waals surface area contributed by atoms with E-state index in [1.54, 1.807) is 4.90 Å². The zero-order valence-corrected chi connectivity index (χ0v) is 20.7. The van der Waals surface area contributed by atoms with Crippen LogP contribution in [0.3, 0.4) is 0 Å². The summed E-state index contributed by atoms with van der Waals surface area (Å²) in [5.74, 6) is 2.13. The molecule has 0 unspecified atom stereocenters. The largest absolute Gasteiger partial charge is 0.381 e. The highest BCUT2D eigenvalue weighted by atomic mass is 16.5. The van der Waals surface area contributed by atoms with Gasteiger partial charge in [-0.05, 0) is 69.3 Å². The predicted molar refractivity (Wildman–Crippen MR) is 132 cm³/mol. The molecule has 8 nitrogen and oxygen atoms in total. The molecule has 8 heteroatoms. The highest BCUT2D eigenvalue weighted by Gasteiger charge is 2.65. The lowest BCUT2D eigenvalue weighted by Gasteiger charge is -2.68. The molecule has 7 rings (SSSR count). The number of aromatic nitrogens is 3. The van der Waals surface area contributed by atoms with E-state index in [2.05, 4.69) is 27.1 Å². The first-order valence-corrected chi connectivity index (χ1v) is 13.2. The van der Waals surface area contributed by atoms with E-state index >= 15 is 0 Å². The maximum absolute atomic E-state index is 13.0. The van der Waals surface area contributed by atoms with E-state index in [0.717, 1.165) is 74.4 Å². The van der Waals surface area contributed by atoms with Crippen molar-refractivity contribution < 1.29 is 9.53 Å². The molecule has 2 bridgehead atoms. The van der Waals surface area contributed by atoms with Crippen molar-refractivity contribution in [3.8, 4) is 0 Å². The summed E-state index contributed by atoms with van der Waals surface area (Å²) in [4.78, 5) is 24.3. The number of rotatable bonds is 6. The number of amides is 1. The van der Waals surface area contributed by atoms with Gasteiger partial charge in [-0.3, -0.25) is 4.79 Å². The molecule has 1 aliphatic heterocycles. The third-order valence-corrected chi connectivity index (χ3v) is 9.15. The van der Waals surface area contributed by atoms with Gasteiger partial charge in [0.15, 0.2) is 0 Å². The molecule has 0 spiro atoms. The summed E-state index contributed by atoms with van der Waals surface area (Å²) in [7, 11) is 3.64. The van der Waals surface area contributed by atoms with Gasteiger partial charge in [0.05, 0.1) is 5.54 Å². The van der Waals surface area contributed by atoms with Crippen LogP contribution in [0.1, 0.15) is 68.8 Å². The molecule has 4 saturated carbocycles. The van der Waals surface area contributed by atoms with Gasteiger partial charge in [0.1, 0.15) is 11.3 Å². The summed E-state index contributed by atoms with van der Waals surface area (Å²) in [5.41, 5.74) is 1.70. The van der Waals surface area contributed by atoms with Crippen LogP contribution in [0.15, 0.2) is 12.3 Å². The van der Waals surface area contributed by atoms with Crippen molar-refractivity contribution in [2.75, 3.05) is 32.6 Å². The zero-order valence-electron chi connectivity index (χ0n) is 20.7. The quantitative estimate of drug-likeness (QED) is 0.679. The van der Waals surface area contributed by atoms with Gasteiger partial charge in [0, 0.05) is 57.0 Å². The second kappa shape index (κ2) is 8.48. The van der Waals surface area contributed by atoms with Gasteiger partial charge in [-0.15, -0.1) is 0 Å². The van der Waals surface area contributed by atoms with Gasteiger partial charge in [0.2, 0.25) is 5.95 Å². The van der Waals surface area contributed by atoms with E-state index in [1.165, 1.54) is 12.8 Å². The van der Waals surface area contributed by atoms with Gasteiger partial charge >= 0.3 is 0 Å². The monoisotopic (exact) mass is 466 g/mol. The normalized spacial score (nSPS) is 33.3. The fourth-order valence-electron chi connectivity index (χ4n) is 6.76. The standard InChI is InChI=1S/C26H38N6O2/c1-16-18-13-26(16,14-18)32-22(24(33)31(2)3)12-17-15-27-25(30-23(17)32)29-20-6-4-19(5-7-20)28-21-8-10-34-11-9-21/h12,15-16,18-21,28H,4-11,13-14H2,1-3H3,(H,27,29,30)/t16-,18?,19?,20?,26?/m1/s1. The molecule has 5 aliphatic rings. The van der Waals surface area contributed by atoms with Crippen LogP contribution in [0.2, 0.25) is 0 Å². The molecule has 0 radical (unpaired) electrons. The number of ether oxygens (including phenoxy) is 1. The van der Waals surface area contributed by atoms with Gasteiger partial charge in [0.25, 0.3) is 5.91 Å². The van der Waals surface area contributed by atoms with Crippen LogP contribution in [-0.2, 0) is 10.3 Å². The average molecular weight is 467 g/mol. The summed E-state index contributed by atoms with van der Waals surface area (Å²) < 4.78 is 7.75. The molecule has 3 heterocycles. The molecule has 0 aromatic carbocycles. The second-order valence-electron chi connectivity index (χ2n) is 11.3. The first-order chi connectivity index (χ1) is 16.4. The minimum atomic E-state index is 0.0415. The Morgan fingerprint density at radius 3 is 2.38 bits per heavy atom. The molecule has 2 aromatic rings. The van der Waals surface area contributed by atoms with Crippen LogP contribution in [-0.4, -0.2) is 70.8 Å². The summed E-state index contributed by atoms with van der Waals surface area (Å²) in [5, 5.41) is 8.43. The number of carbonyl (C=O) groups is 1. The lowest BCUT2D eigenvalue weighted by Crippen LogP contribution is -2.67. The van der Waals surface area contributed by atoms with Crippen LogP contribution in [0, 0.1) is 11.8 Å². The van der Waals surface area contributed by atoms with Crippen molar-refractivity contribution in [1.82, 2.24) is 24.8 Å². The Bertz CT molecular complexity index is 1060. The summed E-state index contributed by atoms with van der Waals surface area (Å²) in [6.45, 7) is 4.10. The molecule has 1 amide bonds. The van der Waals surface area contributed by atoms with Gasteiger partial charge in [-0.1, -0.05) is 6.92 Å². The fourth-order valence-corrected chi connectivity index (χ4v) is 6.76. The number of anilines is 1. The fraction of sp³-hybridized carbons (Fsp3) is 0.731. The van der Waals surface area contributed by atoms with Crippen LogP contribution in [0.4, 0.5) is 5.95 Å². The van der Waals surface area contributed by atoms with Gasteiger partial charge in [-0.25, -0.2) is 4.98 Å².